The van der Waals surface area contributed by atoms with Crippen molar-refractivity contribution in [3.05, 3.63) is 16.3 Å². The predicted octanol–water partition coefficient (Wildman–Crippen LogP) is 1.95. The second-order valence-electron chi connectivity index (χ2n) is 5.30. The van der Waals surface area contributed by atoms with Gasteiger partial charge in [-0.3, -0.25) is 0 Å². The predicted molar refractivity (Wildman–Crippen MR) is 85.0 cm³/mol. The van der Waals surface area contributed by atoms with Crippen LogP contribution in [-0.4, -0.2) is 34.7 Å². The van der Waals surface area contributed by atoms with Gasteiger partial charge in [0.2, 0.25) is 10.0 Å². The quantitative estimate of drug-likeness (QED) is 0.678. The monoisotopic (exact) mass is 332 g/mol. The smallest absolute Gasteiger partial charge is 0.241 e. The molecule has 0 radical (unpaired) electrons. The molecule has 1 aliphatic rings. The Bertz CT molecular complexity index is 522. The maximum atomic E-state index is 12.4. The van der Waals surface area contributed by atoms with Gasteiger partial charge < -0.3 is 10.1 Å². The first kappa shape index (κ1) is 16.9. The van der Waals surface area contributed by atoms with E-state index in [0.29, 0.717) is 23.9 Å². The highest BCUT2D eigenvalue weighted by molar-refractivity contribution is 7.89. The van der Waals surface area contributed by atoms with Crippen molar-refractivity contribution in [1.82, 2.24) is 10.0 Å². The van der Waals surface area contributed by atoms with E-state index in [0.717, 1.165) is 43.9 Å². The Labute approximate surface area is 131 Å². The molecule has 21 heavy (non-hydrogen) atoms. The van der Waals surface area contributed by atoms with Crippen LogP contribution in [0.4, 0.5) is 0 Å². The zero-order valence-corrected chi connectivity index (χ0v) is 14.1. The van der Waals surface area contributed by atoms with Crippen molar-refractivity contribution >= 4 is 21.4 Å². The third-order valence-corrected chi connectivity index (χ3v) is 6.17. The third-order valence-electron chi connectivity index (χ3n) is 3.58. The summed E-state index contributed by atoms with van der Waals surface area (Å²) >= 11 is 1.48. The summed E-state index contributed by atoms with van der Waals surface area (Å²) in [7, 11) is -3.40. The molecule has 120 valence electrons. The molecule has 0 saturated carbocycles. The maximum absolute atomic E-state index is 12.4. The number of ether oxygens (including phenoxy) is 1. The lowest BCUT2D eigenvalue weighted by Gasteiger charge is -2.10. The largest absolute Gasteiger partial charge is 0.381 e. The van der Waals surface area contributed by atoms with E-state index in [1.807, 2.05) is 5.38 Å². The highest BCUT2D eigenvalue weighted by atomic mass is 32.2. The van der Waals surface area contributed by atoms with Crippen LogP contribution in [0.5, 0.6) is 0 Å². The van der Waals surface area contributed by atoms with Crippen LogP contribution in [0.2, 0.25) is 0 Å². The Balaban J connectivity index is 1.87. The van der Waals surface area contributed by atoms with Gasteiger partial charge >= 0.3 is 0 Å². The van der Waals surface area contributed by atoms with Gasteiger partial charge in [0.05, 0.1) is 4.90 Å². The maximum Gasteiger partial charge on any atom is 0.241 e. The molecule has 0 aromatic carbocycles. The molecular formula is C14H24N2O3S2. The van der Waals surface area contributed by atoms with Crippen molar-refractivity contribution in [3.63, 3.8) is 0 Å². The second kappa shape index (κ2) is 8.24. The summed E-state index contributed by atoms with van der Waals surface area (Å²) in [5, 5.41) is 5.09. The SMILES string of the molecule is CCCNCc1sccc1S(=O)(=O)NCCC1CCOC1. The molecule has 2 heterocycles. The summed E-state index contributed by atoms with van der Waals surface area (Å²) in [6.07, 6.45) is 2.91. The molecule has 1 unspecified atom stereocenters. The number of nitrogens with one attached hydrogen (secondary N) is 2. The molecule has 2 N–H and O–H groups in total. The molecule has 1 aromatic heterocycles. The number of hydrogen-bond donors (Lipinski definition) is 2. The van der Waals surface area contributed by atoms with Crippen LogP contribution in [0, 0.1) is 5.92 Å². The molecule has 1 aliphatic heterocycles. The average molecular weight is 332 g/mol. The van der Waals surface area contributed by atoms with E-state index in [1.165, 1.54) is 11.3 Å². The Morgan fingerprint density at radius 1 is 1.43 bits per heavy atom. The standard InChI is InChI=1S/C14H24N2O3S2/c1-2-6-15-10-13-14(5-9-20-13)21(17,18)16-7-3-12-4-8-19-11-12/h5,9,12,15-16H,2-4,6-8,10-11H2,1H3. The summed E-state index contributed by atoms with van der Waals surface area (Å²) in [4.78, 5) is 1.29. The van der Waals surface area contributed by atoms with Gasteiger partial charge in [-0.25, -0.2) is 13.1 Å². The van der Waals surface area contributed by atoms with Crippen LogP contribution in [0.25, 0.3) is 0 Å². The molecule has 0 bridgehead atoms. The Morgan fingerprint density at radius 3 is 3.00 bits per heavy atom. The van der Waals surface area contributed by atoms with Crippen LogP contribution >= 0.6 is 11.3 Å². The van der Waals surface area contributed by atoms with Crippen molar-refractivity contribution < 1.29 is 13.2 Å². The van der Waals surface area contributed by atoms with Gasteiger partial charge in [0.25, 0.3) is 0 Å². The number of hydrogen-bond acceptors (Lipinski definition) is 5. The minimum absolute atomic E-state index is 0.416. The lowest BCUT2D eigenvalue weighted by atomic mass is 10.1. The van der Waals surface area contributed by atoms with Crippen LogP contribution in [0.3, 0.4) is 0 Å². The number of sulfonamides is 1. The molecule has 1 atom stereocenters. The molecule has 1 saturated heterocycles. The van der Waals surface area contributed by atoms with Crippen LogP contribution < -0.4 is 10.0 Å². The fourth-order valence-electron chi connectivity index (χ4n) is 2.36. The van der Waals surface area contributed by atoms with Crippen molar-refractivity contribution in [2.45, 2.75) is 37.6 Å². The molecule has 0 amide bonds. The minimum Gasteiger partial charge on any atom is -0.381 e. The van der Waals surface area contributed by atoms with Crippen molar-refractivity contribution in [2.24, 2.45) is 5.92 Å². The average Bonchev–Trinajstić information content (AvgIpc) is 3.10. The molecule has 2 rings (SSSR count). The highest BCUT2D eigenvalue weighted by Crippen LogP contribution is 2.22. The topological polar surface area (TPSA) is 67.4 Å². The molecular weight excluding hydrogens is 308 g/mol. The van der Waals surface area contributed by atoms with Gasteiger partial charge in [-0.15, -0.1) is 11.3 Å². The molecule has 0 spiro atoms. The van der Waals surface area contributed by atoms with E-state index in [-0.39, 0.29) is 0 Å². The Hall–Kier alpha value is -0.470. The van der Waals surface area contributed by atoms with Gasteiger partial charge in [0, 0.05) is 31.2 Å². The van der Waals surface area contributed by atoms with Gasteiger partial charge in [-0.2, -0.15) is 0 Å². The van der Waals surface area contributed by atoms with Gasteiger partial charge in [-0.05, 0) is 43.2 Å². The molecule has 0 aliphatic carbocycles. The summed E-state index contributed by atoms with van der Waals surface area (Å²) in [6.45, 7) is 5.63. The summed E-state index contributed by atoms with van der Waals surface area (Å²) in [5.74, 6) is 0.487. The summed E-state index contributed by atoms with van der Waals surface area (Å²) in [5.41, 5.74) is 0. The first-order chi connectivity index (χ1) is 10.1. The van der Waals surface area contributed by atoms with E-state index in [9.17, 15) is 8.42 Å². The minimum atomic E-state index is -3.40. The summed E-state index contributed by atoms with van der Waals surface area (Å²) in [6, 6.07) is 1.69. The molecule has 1 fully saturated rings. The van der Waals surface area contributed by atoms with Crippen LogP contribution in [-0.2, 0) is 21.3 Å². The number of thiophene rings is 1. The Morgan fingerprint density at radius 2 is 2.29 bits per heavy atom. The van der Waals surface area contributed by atoms with E-state index in [4.69, 9.17) is 4.74 Å². The van der Waals surface area contributed by atoms with Gasteiger partial charge in [-0.1, -0.05) is 6.92 Å². The fraction of sp³-hybridized carbons (Fsp3) is 0.714. The van der Waals surface area contributed by atoms with E-state index >= 15 is 0 Å². The van der Waals surface area contributed by atoms with E-state index < -0.39 is 10.0 Å². The lowest BCUT2D eigenvalue weighted by molar-refractivity contribution is 0.184. The third kappa shape index (κ3) is 5.03. The summed E-state index contributed by atoms with van der Waals surface area (Å²) < 4.78 is 32.7. The molecule has 5 nitrogen and oxygen atoms in total. The second-order valence-corrected chi connectivity index (χ2v) is 8.04. The molecule has 7 heteroatoms. The van der Waals surface area contributed by atoms with E-state index in [2.05, 4.69) is 17.0 Å². The first-order valence-electron chi connectivity index (χ1n) is 7.48. The van der Waals surface area contributed by atoms with Gasteiger partial charge in [0.15, 0.2) is 0 Å². The molecule has 1 aromatic rings. The van der Waals surface area contributed by atoms with Crippen LogP contribution in [0.15, 0.2) is 16.3 Å². The first-order valence-corrected chi connectivity index (χ1v) is 9.84. The Kier molecular flexibility index (Phi) is 6.63. The normalized spacial score (nSPS) is 19.2. The van der Waals surface area contributed by atoms with Gasteiger partial charge in [0.1, 0.15) is 0 Å². The fourth-order valence-corrected chi connectivity index (χ4v) is 4.82. The zero-order valence-electron chi connectivity index (χ0n) is 12.4. The van der Waals surface area contributed by atoms with Crippen LogP contribution in [0.1, 0.15) is 31.1 Å². The van der Waals surface area contributed by atoms with Crippen molar-refractivity contribution in [3.8, 4) is 0 Å². The highest BCUT2D eigenvalue weighted by Gasteiger charge is 2.21. The van der Waals surface area contributed by atoms with Crippen molar-refractivity contribution in [2.75, 3.05) is 26.3 Å². The van der Waals surface area contributed by atoms with Crippen molar-refractivity contribution in [1.29, 1.82) is 0 Å². The number of rotatable bonds is 9. The zero-order chi connectivity index (χ0) is 15.1. The lowest BCUT2D eigenvalue weighted by Crippen LogP contribution is -2.27. The van der Waals surface area contributed by atoms with E-state index in [1.54, 1.807) is 6.07 Å².